The molecule has 1 fully saturated rings. The van der Waals surface area contributed by atoms with Crippen LogP contribution in [0.15, 0.2) is 24.3 Å². The molecular formula is C28H37N5O3. The predicted molar refractivity (Wildman–Crippen MR) is 140 cm³/mol. The molecule has 5 rings (SSSR count). The molecule has 36 heavy (non-hydrogen) atoms. The quantitative estimate of drug-likeness (QED) is 0.482. The fourth-order valence-corrected chi connectivity index (χ4v) is 5.44. The van der Waals surface area contributed by atoms with Crippen LogP contribution in [0.2, 0.25) is 0 Å². The highest BCUT2D eigenvalue weighted by Gasteiger charge is 2.32. The second-order valence-corrected chi connectivity index (χ2v) is 11.1. The van der Waals surface area contributed by atoms with Crippen molar-refractivity contribution in [3.8, 4) is 11.4 Å². The minimum atomic E-state index is -0.285. The van der Waals surface area contributed by atoms with Crippen LogP contribution >= 0.6 is 0 Å². The standard InChI is InChI=1S/C28H37N5O3/c1-5-6-13-36-27(35)32-11-12-33(18(2)17-32)26(34)20-8-7-19-14-23(29-22(19)15-20)25-21-9-10-28(3,4)16-24(21)30-31-25/h7-8,14-15,18,29H,5-6,9-13,16-17H2,1-4H3,(H,30,31)/t18-/m1/s1. The zero-order valence-electron chi connectivity index (χ0n) is 21.8. The van der Waals surface area contributed by atoms with E-state index < -0.39 is 0 Å². The number of amides is 2. The van der Waals surface area contributed by atoms with Crippen molar-refractivity contribution in [3.63, 3.8) is 0 Å². The van der Waals surface area contributed by atoms with Gasteiger partial charge in [-0.05, 0) is 56.2 Å². The summed E-state index contributed by atoms with van der Waals surface area (Å²) < 4.78 is 5.35. The number of piperazine rings is 1. The van der Waals surface area contributed by atoms with Crippen LogP contribution in [0.5, 0.6) is 0 Å². The Hall–Kier alpha value is -3.29. The Morgan fingerprint density at radius 3 is 2.83 bits per heavy atom. The van der Waals surface area contributed by atoms with Gasteiger partial charge in [-0.1, -0.05) is 33.3 Å². The van der Waals surface area contributed by atoms with Crippen LogP contribution in [0.25, 0.3) is 22.3 Å². The summed E-state index contributed by atoms with van der Waals surface area (Å²) in [4.78, 5) is 32.8. The van der Waals surface area contributed by atoms with Crippen molar-refractivity contribution in [1.29, 1.82) is 0 Å². The molecule has 192 valence electrons. The summed E-state index contributed by atoms with van der Waals surface area (Å²) in [5.74, 6) is -0.0149. The molecule has 0 spiro atoms. The van der Waals surface area contributed by atoms with Gasteiger partial charge in [0, 0.05) is 53.4 Å². The van der Waals surface area contributed by atoms with Gasteiger partial charge in [0.05, 0.1) is 12.3 Å². The largest absolute Gasteiger partial charge is 0.449 e. The average Bonchev–Trinajstić information content (AvgIpc) is 3.45. The van der Waals surface area contributed by atoms with Gasteiger partial charge in [0.2, 0.25) is 0 Å². The van der Waals surface area contributed by atoms with Gasteiger partial charge in [-0.2, -0.15) is 5.10 Å². The predicted octanol–water partition coefficient (Wildman–Crippen LogP) is 5.16. The maximum atomic E-state index is 13.4. The number of hydrogen-bond acceptors (Lipinski definition) is 4. The van der Waals surface area contributed by atoms with Crippen molar-refractivity contribution >= 4 is 22.9 Å². The van der Waals surface area contributed by atoms with E-state index in [0.29, 0.717) is 37.2 Å². The molecule has 0 bridgehead atoms. The van der Waals surface area contributed by atoms with Crippen LogP contribution in [0, 0.1) is 5.41 Å². The smallest absolute Gasteiger partial charge is 0.409 e. The maximum absolute atomic E-state index is 13.4. The third-order valence-corrected chi connectivity index (χ3v) is 7.65. The molecule has 2 amide bonds. The summed E-state index contributed by atoms with van der Waals surface area (Å²) >= 11 is 0. The van der Waals surface area contributed by atoms with Crippen LogP contribution in [-0.2, 0) is 17.6 Å². The number of unbranched alkanes of at least 4 members (excludes halogenated alkanes) is 1. The van der Waals surface area contributed by atoms with Crippen molar-refractivity contribution in [3.05, 3.63) is 41.1 Å². The SMILES string of the molecule is CCCCOC(=O)N1CCN(C(=O)c2ccc3cc(-c4n[nH]c5c4CCC(C)(C)C5)[nH]c3c2)[C@H](C)C1. The van der Waals surface area contributed by atoms with Crippen molar-refractivity contribution < 1.29 is 14.3 Å². The van der Waals surface area contributed by atoms with Crippen LogP contribution in [0.3, 0.4) is 0 Å². The lowest BCUT2D eigenvalue weighted by Crippen LogP contribution is -2.55. The first-order chi connectivity index (χ1) is 17.3. The Labute approximate surface area is 212 Å². The molecule has 8 heteroatoms. The van der Waals surface area contributed by atoms with Crippen LogP contribution in [0.4, 0.5) is 4.79 Å². The molecule has 1 saturated heterocycles. The Bertz CT molecular complexity index is 1270. The van der Waals surface area contributed by atoms with Crippen LogP contribution in [-0.4, -0.2) is 69.3 Å². The highest BCUT2D eigenvalue weighted by Crippen LogP contribution is 2.38. The number of hydrogen-bond donors (Lipinski definition) is 2. The number of H-pyrrole nitrogens is 2. The van der Waals surface area contributed by atoms with E-state index in [1.807, 2.05) is 30.0 Å². The van der Waals surface area contributed by atoms with Crippen molar-refractivity contribution in [2.75, 3.05) is 26.2 Å². The second-order valence-electron chi connectivity index (χ2n) is 11.1. The second kappa shape index (κ2) is 9.64. The molecule has 0 saturated carbocycles. The summed E-state index contributed by atoms with van der Waals surface area (Å²) in [7, 11) is 0. The Balaban J connectivity index is 1.30. The van der Waals surface area contributed by atoms with Gasteiger partial charge in [0.1, 0.15) is 5.69 Å². The summed E-state index contributed by atoms with van der Waals surface area (Å²) in [6.45, 7) is 10.6. The van der Waals surface area contributed by atoms with Crippen LogP contribution in [0.1, 0.15) is 68.6 Å². The van der Waals surface area contributed by atoms with Gasteiger partial charge in [-0.3, -0.25) is 9.89 Å². The molecule has 2 aromatic heterocycles. The molecule has 3 heterocycles. The molecule has 1 aromatic carbocycles. The summed E-state index contributed by atoms with van der Waals surface area (Å²) in [6, 6.07) is 7.85. The average molecular weight is 492 g/mol. The maximum Gasteiger partial charge on any atom is 0.409 e. The fourth-order valence-electron chi connectivity index (χ4n) is 5.44. The van der Waals surface area contributed by atoms with E-state index in [9.17, 15) is 9.59 Å². The zero-order chi connectivity index (χ0) is 25.4. The van der Waals surface area contributed by atoms with E-state index in [0.717, 1.165) is 54.4 Å². The number of ether oxygens (including phenoxy) is 1. The number of aromatic amines is 2. The van der Waals surface area contributed by atoms with E-state index in [-0.39, 0.29) is 18.0 Å². The minimum Gasteiger partial charge on any atom is -0.449 e. The van der Waals surface area contributed by atoms with Crippen molar-refractivity contribution in [2.24, 2.45) is 5.41 Å². The number of carbonyl (C=O) groups excluding carboxylic acids is 2. The Kier molecular flexibility index (Phi) is 6.53. The summed E-state index contributed by atoms with van der Waals surface area (Å²) in [5.41, 5.74) is 6.37. The topological polar surface area (TPSA) is 94.3 Å². The number of nitrogens with one attached hydrogen (secondary N) is 2. The Morgan fingerprint density at radius 2 is 2.06 bits per heavy atom. The third kappa shape index (κ3) is 4.73. The molecule has 1 atom stereocenters. The van der Waals surface area contributed by atoms with Crippen molar-refractivity contribution in [1.82, 2.24) is 25.0 Å². The minimum absolute atomic E-state index is 0.0149. The molecular weight excluding hydrogens is 454 g/mol. The molecule has 3 aromatic rings. The fraction of sp³-hybridized carbons (Fsp3) is 0.536. The van der Waals surface area contributed by atoms with E-state index in [2.05, 4.69) is 42.0 Å². The van der Waals surface area contributed by atoms with Gasteiger partial charge in [-0.15, -0.1) is 0 Å². The number of benzene rings is 1. The lowest BCUT2D eigenvalue weighted by Gasteiger charge is -2.39. The van der Waals surface area contributed by atoms with Gasteiger partial charge in [-0.25, -0.2) is 4.79 Å². The molecule has 8 nitrogen and oxygen atoms in total. The molecule has 1 aliphatic heterocycles. The number of aromatic nitrogens is 3. The first kappa shape index (κ1) is 24.4. The number of rotatable bonds is 5. The summed E-state index contributed by atoms with van der Waals surface area (Å²) in [5, 5.41) is 8.96. The highest BCUT2D eigenvalue weighted by molar-refractivity contribution is 5.99. The number of carbonyl (C=O) groups is 2. The van der Waals surface area contributed by atoms with Crippen molar-refractivity contribution in [2.45, 2.75) is 65.8 Å². The number of fused-ring (bicyclic) bond motifs is 2. The first-order valence-corrected chi connectivity index (χ1v) is 13.2. The Morgan fingerprint density at radius 1 is 1.22 bits per heavy atom. The molecule has 0 unspecified atom stereocenters. The first-order valence-electron chi connectivity index (χ1n) is 13.2. The lowest BCUT2D eigenvalue weighted by atomic mass is 9.76. The van der Waals surface area contributed by atoms with E-state index >= 15 is 0 Å². The van der Waals surface area contributed by atoms with E-state index in [4.69, 9.17) is 4.74 Å². The number of nitrogens with zero attached hydrogens (tertiary/aromatic N) is 3. The highest BCUT2D eigenvalue weighted by atomic mass is 16.6. The molecule has 0 radical (unpaired) electrons. The molecule has 2 aliphatic rings. The lowest BCUT2D eigenvalue weighted by molar-refractivity contribution is 0.0411. The van der Waals surface area contributed by atoms with Crippen LogP contribution < -0.4 is 0 Å². The van der Waals surface area contributed by atoms with Gasteiger partial charge in [0.25, 0.3) is 5.91 Å². The van der Waals surface area contributed by atoms with Gasteiger partial charge < -0.3 is 19.5 Å². The van der Waals surface area contributed by atoms with Gasteiger partial charge >= 0.3 is 6.09 Å². The molecule has 1 aliphatic carbocycles. The molecule has 2 N–H and O–H groups in total. The zero-order valence-corrected chi connectivity index (χ0v) is 21.8. The van der Waals surface area contributed by atoms with E-state index in [1.165, 1.54) is 11.3 Å². The van der Waals surface area contributed by atoms with E-state index in [1.54, 1.807) is 4.90 Å². The summed E-state index contributed by atoms with van der Waals surface area (Å²) in [6.07, 6.45) is 4.74. The monoisotopic (exact) mass is 491 g/mol. The normalized spacial score (nSPS) is 19.4. The third-order valence-electron chi connectivity index (χ3n) is 7.65. The van der Waals surface area contributed by atoms with Gasteiger partial charge in [0.15, 0.2) is 0 Å².